The van der Waals surface area contributed by atoms with E-state index in [0.29, 0.717) is 5.52 Å². The molecule has 0 aliphatic carbocycles. The molecule has 1 aromatic carbocycles. The number of nitrogens with zero attached hydrogens (tertiary/aromatic N) is 1. The number of nitrogens with one attached hydrogen (secondary N) is 1. The molecule has 1 saturated heterocycles. The molecule has 2 N–H and O–H groups in total. The lowest BCUT2D eigenvalue weighted by Gasteiger charge is -2.22. The molecule has 4 nitrogen and oxygen atoms in total. The van der Waals surface area contributed by atoms with Crippen LogP contribution in [0, 0.1) is 0 Å². The normalized spacial score (nSPS) is 20.8. The number of phenolic OH excluding ortho intramolecular Hbond substituents is 1. The van der Waals surface area contributed by atoms with Crippen molar-refractivity contribution < 1.29 is 5.11 Å². The topological polar surface area (TPSA) is 58.0 Å². The van der Waals surface area contributed by atoms with Crippen LogP contribution in [-0.2, 0) is 0 Å². The summed E-state index contributed by atoms with van der Waals surface area (Å²) in [6, 6.07) is 5.24. The number of phenols is 1. The van der Waals surface area contributed by atoms with Crippen LogP contribution in [0.3, 0.4) is 0 Å². The fourth-order valence-electron chi connectivity index (χ4n) is 2.35. The first-order valence-electron chi connectivity index (χ1n) is 5.81. The predicted molar refractivity (Wildman–Crippen MR) is 69.6 cm³/mol. The summed E-state index contributed by atoms with van der Waals surface area (Å²) in [5.74, 6) is 1.24. The number of aromatic hydroxyl groups is 1. The van der Waals surface area contributed by atoms with Crippen LogP contribution in [0.5, 0.6) is 5.75 Å². The van der Waals surface area contributed by atoms with Gasteiger partial charge in [-0.15, -0.1) is 11.8 Å². The Morgan fingerprint density at radius 1 is 1.41 bits per heavy atom. The molecule has 1 atom stereocenters. The van der Waals surface area contributed by atoms with E-state index in [0.717, 1.165) is 24.1 Å². The highest BCUT2D eigenvalue weighted by Gasteiger charge is 2.20. The highest BCUT2D eigenvalue weighted by molar-refractivity contribution is 7.99. The summed E-state index contributed by atoms with van der Waals surface area (Å²) >= 11 is 1.82. The maximum atomic E-state index is 12.0. The van der Waals surface area contributed by atoms with Crippen molar-refractivity contribution in [3.8, 4) is 5.75 Å². The fourth-order valence-corrected chi connectivity index (χ4v) is 3.68. The highest BCUT2D eigenvalue weighted by Crippen LogP contribution is 2.35. The third-order valence-corrected chi connectivity index (χ3v) is 4.53. The zero-order valence-electron chi connectivity index (χ0n) is 9.35. The van der Waals surface area contributed by atoms with Gasteiger partial charge < -0.3 is 10.1 Å². The first kappa shape index (κ1) is 10.8. The second-order valence-corrected chi connectivity index (χ2v) is 5.58. The number of fused-ring (bicyclic) bond motifs is 1. The van der Waals surface area contributed by atoms with Gasteiger partial charge >= 0.3 is 5.69 Å². The van der Waals surface area contributed by atoms with E-state index in [2.05, 4.69) is 4.98 Å². The second-order valence-electron chi connectivity index (χ2n) is 4.29. The van der Waals surface area contributed by atoms with Crippen molar-refractivity contribution in [3.63, 3.8) is 0 Å². The van der Waals surface area contributed by atoms with E-state index in [1.54, 1.807) is 16.7 Å². The first-order valence-corrected chi connectivity index (χ1v) is 6.86. The number of aromatic nitrogens is 2. The average Bonchev–Trinajstić information content (AvgIpc) is 2.68. The Hall–Kier alpha value is -1.36. The molecule has 0 amide bonds. The molecule has 0 radical (unpaired) electrons. The number of imidazole rings is 1. The highest BCUT2D eigenvalue weighted by atomic mass is 32.2. The van der Waals surface area contributed by atoms with Gasteiger partial charge in [0.2, 0.25) is 0 Å². The van der Waals surface area contributed by atoms with E-state index in [1.807, 2.05) is 17.8 Å². The molecule has 90 valence electrons. The molecule has 1 aromatic heterocycles. The summed E-state index contributed by atoms with van der Waals surface area (Å²) in [7, 11) is 0. The Balaban J connectivity index is 2.18. The molecule has 0 saturated carbocycles. The molecule has 1 aliphatic rings. The standard InChI is InChI=1S/C12H14N2O2S/c15-9-5-3-4-8-11(9)13-12(16)14(8)10-6-1-2-7-17-10/h3-5,10,15H,1-2,6-7H2,(H,13,16). The van der Waals surface area contributed by atoms with Crippen molar-refractivity contribution in [2.24, 2.45) is 0 Å². The Bertz CT molecular complexity index is 596. The fraction of sp³-hybridized carbons (Fsp3) is 0.417. The molecule has 2 heterocycles. The molecule has 1 unspecified atom stereocenters. The molecule has 5 heteroatoms. The van der Waals surface area contributed by atoms with Crippen LogP contribution < -0.4 is 5.69 Å². The minimum Gasteiger partial charge on any atom is -0.506 e. The number of hydrogen-bond acceptors (Lipinski definition) is 3. The lowest BCUT2D eigenvalue weighted by atomic mass is 10.2. The van der Waals surface area contributed by atoms with Crippen molar-refractivity contribution in [2.75, 3.05) is 5.75 Å². The third kappa shape index (κ3) is 1.74. The van der Waals surface area contributed by atoms with Crippen molar-refractivity contribution in [1.29, 1.82) is 0 Å². The van der Waals surface area contributed by atoms with Gasteiger partial charge in [0.25, 0.3) is 0 Å². The minimum atomic E-state index is -0.124. The molecule has 1 fully saturated rings. The Labute approximate surface area is 103 Å². The van der Waals surface area contributed by atoms with E-state index in [1.165, 1.54) is 6.42 Å². The van der Waals surface area contributed by atoms with E-state index >= 15 is 0 Å². The molecule has 2 aromatic rings. The third-order valence-electron chi connectivity index (χ3n) is 3.17. The molecule has 1 aliphatic heterocycles. The maximum absolute atomic E-state index is 12.0. The number of H-pyrrole nitrogens is 1. The largest absolute Gasteiger partial charge is 0.506 e. The average molecular weight is 250 g/mol. The number of benzene rings is 1. The van der Waals surface area contributed by atoms with Gasteiger partial charge in [0.15, 0.2) is 0 Å². The van der Waals surface area contributed by atoms with Crippen molar-refractivity contribution >= 4 is 22.8 Å². The predicted octanol–water partition coefficient (Wildman–Crippen LogP) is 2.45. The zero-order chi connectivity index (χ0) is 11.8. The number of aromatic amines is 1. The van der Waals surface area contributed by atoms with Gasteiger partial charge in [-0.2, -0.15) is 0 Å². The number of hydrogen-bond donors (Lipinski definition) is 2. The molecular weight excluding hydrogens is 236 g/mol. The zero-order valence-corrected chi connectivity index (χ0v) is 10.2. The number of rotatable bonds is 1. The van der Waals surface area contributed by atoms with Gasteiger partial charge in [0, 0.05) is 0 Å². The summed E-state index contributed by atoms with van der Waals surface area (Å²) in [6.07, 6.45) is 3.41. The number of thioether (sulfide) groups is 1. The Morgan fingerprint density at radius 3 is 3.06 bits per heavy atom. The van der Waals surface area contributed by atoms with E-state index in [9.17, 15) is 9.90 Å². The van der Waals surface area contributed by atoms with Gasteiger partial charge in [0.1, 0.15) is 11.3 Å². The first-order chi connectivity index (χ1) is 8.27. The SMILES string of the molecule is O=c1[nH]c2c(O)cccc2n1C1CCCCS1. The van der Waals surface area contributed by atoms with E-state index < -0.39 is 0 Å². The number of para-hydroxylation sites is 1. The lowest BCUT2D eigenvalue weighted by Crippen LogP contribution is -2.22. The maximum Gasteiger partial charge on any atom is 0.327 e. The van der Waals surface area contributed by atoms with Gasteiger partial charge in [-0.05, 0) is 37.1 Å². The minimum absolute atomic E-state index is 0.124. The van der Waals surface area contributed by atoms with Crippen LogP contribution in [0.1, 0.15) is 24.6 Å². The van der Waals surface area contributed by atoms with Gasteiger partial charge in [0.05, 0.1) is 10.9 Å². The Kier molecular flexibility index (Phi) is 2.63. The molecule has 3 rings (SSSR count). The van der Waals surface area contributed by atoms with Crippen molar-refractivity contribution in [1.82, 2.24) is 9.55 Å². The summed E-state index contributed by atoms with van der Waals surface area (Å²) in [6.45, 7) is 0. The summed E-state index contributed by atoms with van der Waals surface area (Å²) in [5, 5.41) is 9.92. The second kappa shape index (κ2) is 4.14. The Morgan fingerprint density at radius 2 is 2.29 bits per heavy atom. The van der Waals surface area contributed by atoms with Gasteiger partial charge in [-0.25, -0.2) is 4.79 Å². The van der Waals surface area contributed by atoms with Crippen LogP contribution in [0.4, 0.5) is 0 Å². The quantitative estimate of drug-likeness (QED) is 0.817. The van der Waals surface area contributed by atoms with E-state index in [4.69, 9.17) is 0 Å². The van der Waals surface area contributed by atoms with Crippen LogP contribution >= 0.6 is 11.8 Å². The molecular formula is C12H14N2O2S. The van der Waals surface area contributed by atoms with Crippen molar-refractivity contribution in [2.45, 2.75) is 24.6 Å². The van der Waals surface area contributed by atoms with Gasteiger partial charge in [-0.3, -0.25) is 4.57 Å². The smallest absolute Gasteiger partial charge is 0.327 e. The lowest BCUT2D eigenvalue weighted by molar-refractivity contribution is 0.480. The molecule has 0 bridgehead atoms. The summed E-state index contributed by atoms with van der Waals surface area (Å²) in [5.41, 5.74) is 1.22. The molecule has 17 heavy (non-hydrogen) atoms. The van der Waals surface area contributed by atoms with Crippen molar-refractivity contribution in [3.05, 3.63) is 28.7 Å². The summed E-state index contributed by atoms with van der Waals surface area (Å²) < 4.78 is 1.78. The van der Waals surface area contributed by atoms with Crippen LogP contribution in [0.2, 0.25) is 0 Å². The molecule has 0 spiro atoms. The van der Waals surface area contributed by atoms with E-state index in [-0.39, 0.29) is 16.8 Å². The van der Waals surface area contributed by atoms with Crippen LogP contribution in [0.25, 0.3) is 11.0 Å². The monoisotopic (exact) mass is 250 g/mol. The van der Waals surface area contributed by atoms with Crippen LogP contribution in [-0.4, -0.2) is 20.4 Å². The van der Waals surface area contributed by atoms with Gasteiger partial charge in [-0.1, -0.05) is 6.07 Å². The summed E-state index contributed by atoms with van der Waals surface area (Å²) in [4.78, 5) is 14.7. The van der Waals surface area contributed by atoms with Crippen LogP contribution in [0.15, 0.2) is 23.0 Å².